The maximum atomic E-state index is 12.9. The number of halogens is 1. The number of hydrogen-bond acceptors (Lipinski definition) is 2. The van der Waals surface area contributed by atoms with Crippen LogP contribution >= 0.6 is 11.8 Å². The fourth-order valence-electron chi connectivity index (χ4n) is 1.92. The molecular formula is C17H18FNOS. The number of thioether (sulfide) groups is 1. The molecule has 0 radical (unpaired) electrons. The van der Waals surface area contributed by atoms with E-state index in [-0.39, 0.29) is 23.0 Å². The lowest BCUT2D eigenvalue weighted by molar-refractivity contribution is -0.120. The molecule has 2 aromatic rings. The van der Waals surface area contributed by atoms with Crippen LogP contribution in [0.2, 0.25) is 0 Å². The van der Waals surface area contributed by atoms with Crippen molar-refractivity contribution in [1.82, 2.24) is 5.32 Å². The molecule has 0 saturated carbocycles. The van der Waals surface area contributed by atoms with Crippen LogP contribution in [-0.4, -0.2) is 11.2 Å². The molecular weight excluding hydrogens is 285 g/mol. The zero-order valence-corrected chi connectivity index (χ0v) is 12.9. The van der Waals surface area contributed by atoms with Gasteiger partial charge in [0.25, 0.3) is 0 Å². The maximum absolute atomic E-state index is 12.9. The van der Waals surface area contributed by atoms with Gasteiger partial charge in [0.1, 0.15) is 5.82 Å². The minimum atomic E-state index is -0.273. The Morgan fingerprint density at radius 3 is 2.29 bits per heavy atom. The first-order valence-electron chi connectivity index (χ1n) is 6.84. The Balaban J connectivity index is 1.92. The van der Waals surface area contributed by atoms with Gasteiger partial charge in [0.05, 0.1) is 11.3 Å². The van der Waals surface area contributed by atoms with E-state index >= 15 is 0 Å². The van der Waals surface area contributed by atoms with Gasteiger partial charge in [0, 0.05) is 4.90 Å². The summed E-state index contributed by atoms with van der Waals surface area (Å²) in [7, 11) is 0. The molecule has 0 fully saturated rings. The highest BCUT2D eigenvalue weighted by atomic mass is 32.2. The molecule has 2 nitrogen and oxygen atoms in total. The van der Waals surface area contributed by atoms with Gasteiger partial charge in [-0.3, -0.25) is 4.79 Å². The van der Waals surface area contributed by atoms with Gasteiger partial charge < -0.3 is 5.32 Å². The minimum Gasteiger partial charge on any atom is -0.349 e. The largest absolute Gasteiger partial charge is 0.349 e. The average molecular weight is 303 g/mol. The van der Waals surface area contributed by atoms with E-state index in [2.05, 4.69) is 5.32 Å². The van der Waals surface area contributed by atoms with E-state index in [9.17, 15) is 9.18 Å². The second kappa shape index (κ2) is 7.27. The Bertz CT molecular complexity index is 585. The predicted molar refractivity (Wildman–Crippen MR) is 84.7 cm³/mol. The molecule has 0 aliphatic carbocycles. The molecule has 0 aliphatic rings. The lowest BCUT2D eigenvalue weighted by Gasteiger charge is -2.17. The van der Waals surface area contributed by atoms with Crippen molar-refractivity contribution < 1.29 is 9.18 Å². The van der Waals surface area contributed by atoms with Crippen LogP contribution in [0.15, 0.2) is 59.5 Å². The minimum absolute atomic E-state index is 0.0271. The molecule has 0 saturated heterocycles. The smallest absolute Gasteiger partial charge is 0.233 e. The van der Waals surface area contributed by atoms with Gasteiger partial charge in [0.15, 0.2) is 0 Å². The van der Waals surface area contributed by atoms with E-state index in [0.29, 0.717) is 0 Å². The Morgan fingerprint density at radius 1 is 1.05 bits per heavy atom. The molecule has 1 amide bonds. The standard InChI is InChI=1S/C17H18FNOS/c1-12(14-8-10-15(18)11-9-14)19-17(20)13(2)21-16-6-4-3-5-7-16/h3-13H,1-2H3,(H,19,20)/t12-,13+/m0/s1. The van der Waals surface area contributed by atoms with Gasteiger partial charge in [-0.05, 0) is 43.7 Å². The van der Waals surface area contributed by atoms with Crippen molar-refractivity contribution in [3.05, 3.63) is 66.0 Å². The number of carbonyl (C=O) groups is 1. The summed E-state index contributed by atoms with van der Waals surface area (Å²) in [6, 6.07) is 15.9. The number of rotatable bonds is 5. The normalized spacial score (nSPS) is 13.5. The summed E-state index contributed by atoms with van der Waals surface area (Å²) in [5.41, 5.74) is 0.890. The Hall–Kier alpha value is -1.81. The van der Waals surface area contributed by atoms with E-state index in [0.717, 1.165) is 10.5 Å². The van der Waals surface area contributed by atoms with E-state index in [1.165, 1.54) is 23.9 Å². The van der Waals surface area contributed by atoms with Crippen LogP contribution in [0.4, 0.5) is 4.39 Å². The van der Waals surface area contributed by atoms with Crippen molar-refractivity contribution in [3.63, 3.8) is 0 Å². The number of carbonyl (C=O) groups excluding carboxylic acids is 1. The Morgan fingerprint density at radius 2 is 1.67 bits per heavy atom. The number of amides is 1. The summed E-state index contributed by atoms with van der Waals surface area (Å²) in [6.07, 6.45) is 0. The van der Waals surface area contributed by atoms with Crippen LogP contribution in [0.25, 0.3) is 0 Å². The molecule has 0 aliphatic heterocycles. The highest BCUT2D eigenvalue weighted by Crippen LogP contribution is 2.23. The Labute approximate surface area is 128 Å². The second-order valence-electron chi connectivity index (χ2n) is 4.85. The first-order chi connectivity index (χ1) is 10.1. The van der Waals surface area contributed by atoms with Crippen LogP contribution in [0, 0.1) is 5.82 Å². The van der Waals surface area contributed by atoms with E-state index in [4.69, 9.17) is 0 Å². The summed E-state index contributed by atoms with van der Waals surface area (Å²) in [5.74, 6) is -0.300. The maximum Gasteiger partial charge on any atom is 0.233 e. The first-order valence-corrected chi connectivity index (χ1v) is 7.72. The van der Waals surface area contributed by atoms with Crippen molar-refractivity contribution in [2.45, 2.75) is 30.0 Å². The third kappa shape index (κ3) is 4.60. The molecule has 2 atom stereocenters. The fourth-order valence-corrected chi connectivity index (χ4v) is 2.82. The van der Waals surface area contributed by atoms with Crippen molar-refractivity contribution in [3.8, 4) is 0 Å². The van der Waals surface area contributed by atoms with Crippen molar-refractivity contribution in [2.24, 2.45) is 0 Å². The molecule has 2 rings (SSSR count). The number of benzene rings is 2. The van der Waals surface area contributed by atoms with Gasteiger partial charge in [-0.1, -0.05) is 30.3 Å². The van der Waals surface area contributed by atoms with Gasteiger partial charge in [-0.25, -0.2) is 4.39 Å². The quantitative estimate of drug-likeness (QED) is 0.839. The molecule has 0 heterocycles. The predicted octanol–water partition coefficient (Wildman–Crippen LogP) is 4.18. The van der Waals surface area contributed by atoms with Gasteiger partial charge in [-0.15, -0.1) is 11.8 Å². The molecule has 21 heavy (non-hydrogen) atoms. The highest BCUT2D eigenvalue weighted by molar-refractivity contribution is 8.00. The monoisotopic (exact) mass is 303 g/mol. The molecule has 4 heteroatoms. The summed E-state index contributed by atoms with van der Waals surface area (Å²) < 4.78 is 12.9. The lowest BCUT2D eigenvalue weighted by Crippen LogP contribution is -2.33. The summed E-state index contributed by atoms with van der Waals surface area (Å²) in [6.45, 7) is 3.77. The van der Waals surface area contributed by atoms with Crippen LogP contribution in [0.3, 0.4) is 0 Å². The SMILES string of the molecule is C[C@H](NC(=O)[C@@H](C)Sc1ccccc1)c1ccc(F)cc1. The zero-order valence-electron chi connectivity index (χ0n) is 12.0. The van der Waals surface area contributed by atoms with Crippen molar-refractivity contribution >= 4 is 17.7 Å². The molecule has 0 spiro atoms. The number of nitrogens with one attached hydrogen (secondary N) is 1. The second-order valence-corrected chi connectivity index (χ2v) is 6.27. The van der Waals surface area contributed by atoms with Crippen LogP contribution < -0.4 is 5.32 Å². The first kappa shape index (κ1) is 15.6. The highest BCUT2D eigenvalue weighted by Gasteiger charge is 2.17. The summed E-state index contributed by atoms with van der Waals surface area (Å²) >= 11 is 1.52. The topological polar surface area (TPSA) is 29.1 Å². The molecule has 0 bridgehead atoms. The van der Waals surface area contributed by atoms with Gasteiger partial charge in [-0.2, -0.15) is 0 Å². The van der Waals surface area contributed by atoms with Crippen LogP contribution in [-0.2, 0) is 4.79 Å². The van der Waals surface area contributed by atoms with E-state index in [1.807, 2.05) is 44.2 Å². The lowest BCUT2D eigenvalue weighted by atomic mass is 10.1. The van der Waals surface area contributed by atoms with Crippen molar-refractivity contribution in [1.29, 1.82) is 0 Å². The fraction of sp³-hybridized carbons (Fsp3) is 0.235. The average Bonchev–Trinajstić information content (AvgIpc) is 2.48. The van der Waals surface area contributed by atoms with Gasteiger partial charge >= 0.3 is 0 Å². The zero-order chi connectivity index (χ0) is 15.2. The summed E-state index contributed by atoms with van der Waals surface area (Å²) in [5, 5.41) is 2.77. The van der Waals surface area contributed by atoms with Gasteiger partial charge in [0.2, 0.25) is 5.91 Å². The molecule has 0 aromatic heterocycles. The van der Waals surface area contributed by atoms with E-state index in [1.54, 1.807) is 12.1 Å². The van der Waals surface area contributed by atoms with Crippen LogP contribution in [0.5, 0.6) is 0 Å². The van der Waals surface area contributed by atoms with Crippen molar-refractivity contribution in [2.75, 3.05) is 0 Å². The molecule has 2 aromatic carbocycles. The molecule has 1 N–H and O–H groups in total. The number of hydrogen-bond donors (Lipinski definition) is 1. The molecule has 0 unspecified atom stereocenters. The van der Waals surface area contributed by atoms with Crippen LogP contribution in [0.1, 0.15) is 25.5 Å². The third-order valence-corrected chi connectivity index (χ3v) is 4.27. The third-order valence-electron chi connectivity index (χ3n) is 3.15. The Kier molecular flexibility index (Phi) is 5.39. The molecule has 110 valence electrons. The van der Waals surface area contributed by atoms with E-state index < -0.39 is 0 Å². The summed E-state index contributed by atoms with van der Waals surface area (Å²) in [4.78, 5) is 13.3.